The maximum Gasteiger partial charge on any atom is 0.0897 e. The van der Waals surface area contributed by atoms with Crippen molar-refractivity contribution in [1.29, 1.82) is 0 Å². The third-order valence-corrected chi connectivity index (χ3v) is 5.97. The SMILES string of the molecule is CC(C)NC[C@@H](O)CO[C@@H]1CC2CCC1(C)C2(C)C. The van der Waals surface area contributed by atoms with E-state index in [4.69, 9.17) is 4.74 Å². The van der Waals surface area contributed by atoms with Gasteiger partial charge in [-0.2, -0.15) is 0 Å². The second-order valence-electron chi connectivity index (χ2n) is 7.65. The van der Waals surface area contributed by atoms with E-state index in [2.05, 4.69) is 39.9 Å². The molecule has 2 rings (SSSR count). The third-order valence-electron chi connectivity index (χ3n) is 5.97. The van der Waals surface area contributed by atoms with Crippen LogP contribution >= 0.6 is 0 Å². The summed E-state index contributed by atoms with van der Waals surface area (Å²) in [6, 6.07) is 0.411. The molecule has 2 saturated carbocycles. The van der Waals surface area contributed by atoms with Gasteiger partial charge in [0, 0.05) is 12.6 Å². The summed E-state index contributed by atoms with van der Waals surface area (Å²) in [5, 5.41) is 13.2. The van der Waals surface area contributed by atoms with Crippen molar-refractivity contribution in [1.82, 2.24) is 5.32 Å². The van der Waals surface area contributed by atoms with Crippen LogP contribution in [0.2, 0.25) is 0 Å². The number of hydrogen-bond acceptors (Lipinski definition) is 3. The molecule has 0 aromatic rings. The summed E-state index contributed by atoms with van der Waals surface area (Å²) >= 11 is 0. The summed E-state index contributed by atoms with van der Waals surface area (Å²) in [6.07, 6.45) is 3.73. The fourth-order valence-corrected chi connectivity index (χ4v) is 4.04. The number of aliphatic hydroxyl groups excluding tert-OH is 1. The molecule has 2 aliphatic rings. The molecule has 2 aliphatic carbocycles. The van der Waals surface area contributed by atoms with Crippen LogP contribution in [-0.4, -0.2) is 36.5 Å². The topological polar surface area (TPSA) is 41.5 Å². The van der Waals surface area contributed by atoms with Crippen LogP contribution in [0.25, 0.3) is 0 Å². The minimum Gasteiger partial charge on any atom is -0.389 e. The van der Waals surface area contributed by atoms with Gasteiger partial charge >= 0.3 is 0 Å². The Labute approximate surface area is 118 Å². The van der Waals surface area contributed by atoms with Crippen LogP contribution in [0, 0.1) is 16.7 Å². The van der Waals surface area contributed by atoms with Gasteiger partial charge in [0.1, 0.15) is 0 Å². The predicted octanol–water partition coefficient (Wildman–Crippen LogP) is 2.58. The molecule has 2 bridgehead atoms. The first-order valence-corrected chi connectivity index (χ1v) is 7.80. The highest BCUT2D eigenvalue weighted by Crippen LogP contribution is 2.66. The zero-order valence-electron chi connectivity index (χ0n) is 13.2. The number of hydrogen-bond donors (Lipinski definition) is 2. The van der Waals surface area contributed by atoms with Gasteiger partial charge in [-0.05, 0) is 36.0 Å². The Kier molecular flexibility index (Phi) is 4.29. The molecule has 0 saturated heterocycles. The third kappa shape index (κ3) is 2.70. The average Bonchev–Trinajstić information content (AvgIpc) is 2.66. The minimum absolute atomic E-state index is 0.295. The van der Waals surface area contributed by atoms with Gasteiger partial charge in [-0.3, -0.25) is 0 Å². The van der Waals surface area contributed by atoms with Crippen LogP contribution in [0.1, 0.15) is 53.9 Å². The predicted molar refractivity (Wildman–Crippen MR) is 78.1 cm³/mol. The highest BCUT2D eigenvalue weighted by atomic mass is 16.5. The molecule has 19 heavy (non-hydrogen) atoms. The molecule has 0 aliphatic heterocycles. The molecule has 3 nitrogen and oxygen atoms in total. The molecule has 112 valence electrons. The first-order chi connectivity index (χ1) is 8.77. The zero-order chi connectivity index (χ0) is 14.3. The van der Waals surface area contributed by atoms with Crippen molar-refractivity contribution >= 4 is 0 Å². The molecule has 2 N–H and O–H groups in total. The Bertz CT molecular complexity index is 316. The van der Waals surface area contributed by atoms with E-state index in [-0.39, 0.29) is 0 Å². The van der Waals surface area contributed by atoms with Gasteiger partial charge in [0.05, 0.1) is 18.8 Å². The highest BCUT2D eigenvalue weighted by molar-refractivity contribution is 5.11. The normalized spacial score (nSPS) is 38.1. The monoisotopic (exact) mass is 269 g/mol. The van der Waals surface area contributed by atoms with E-state index in [1.807, 2.05) is 0 Å². The lowest BCUT2D eigenvalue weighted by Crippen LogP contribution is -2.40. The van der Waals surface area contributed by atoms with Crippen molar-refractivity contribution in [3.63, 3.8) is 0 Å². The second kappa shape index (κ2) is 5.34. The van der Waals surface area contributed by atoms with Crippen molar-refractivity contribution in [2.75, 3.05) is 13.2 Å². The molecular weight excluding hydrogens is 238 g/mol. The lowest BCUT2D eigenvalue weighted by Gasteiger charge is -2.39. The van der Waals surface area contributed by atoms with E-state index >= 15 is 0 Å². The van der Waals surface area contributed by atoms with Crippen LogP contribution in [0.15, 0.2) is 0 Å². The standard InChI is InChI=1S/C16H31NO2/c1-11(2)17-9-13(18)10-19-14-8-12-6-7-16(14,5)15(12,3)4/h11-14,17-18H,6-10H2,1-5H3/t12?,13-,14-,16?/m1/s1. The number of fused-ring (bicyclic) bond motifs is 2. The number of aliphatic hydroxyl groups is 1. The maximum atomic E-state index is 9.96. The van der Waals surface area contributed by atoms with Crippen LogP contribution in [0.5, 0.6) is 0 Å². The van der Waals surface area contributed by atoms with Gasteiger partial charge in [0.15, 0.2) is 0 Å². The molecule has 2 fully saturated rings. The fraction of sp³-hybridized carbons (Fsp3) is 1.00. The van der Waals surface area contributed by atoms with Crippen molar-refractivity contribution < 1.29 is 9.84 Å². The summed E-state index contributed by atoms with van der Waals surface area (Å²) in [4.78, 5) is 0. The molecule has 0 heterocycles. The Morgan fingerprint density at radius 2 is 2.00 bits per heavy atom. The summed E-state index contributed by atoms with van der Waals surface area (Å²) in [6.45, 7) is 12.4. The first kappa shape index (κ1) is 15.3. The van der Waals surface area contributed by atoms with Crippen LogP contribution in [0.3, 0.4) is 0 Å². The second-order valence-corrected chi connectivity index (χ2v) is 7.65. The van der Waals surface area contributed by atoms with Crippen LogP contribution < -0.4 is 5.32 Å². The van der Waals surface area contributed by atoms with Gasteiger partial charge in [-0.15, -0.1) is 0 Å². The van der Waals surface area contributed by atoms with E-state index in [0.29, 0.717) is 36.1 Å². The zero-order valence-corrected chi connectivity index (χ0v) is 13.2. The fourth-order valence-electron chi connectivity index (χ4n) is 4.04. The Hall–Kier alpha value is -0.120. The van der Waals surface area contributed by atoms with Crippen molar-refractivity contribution in [2.24, 2.45) is 16.7 Å². The molecule has 0 radical (unpaired) electrons. The van der Waals surface area contributed by atoms with Crippen molar-refractivity contribution in [2.45, 2.75) is 72.1 Å². The smallest absolute Gasteiger partial charge is 0.0897 e. The molecule has 0 spiro atoms. The molecule has 0 amide bonds. The number of rotatable bonds is 6. The lowest BCUT2D eigenvalue weighted by molar-refractivity contribution is -0.0743. The molecule has 0 aromatic carbocycles. The van der Waals surface area contributed by atoms with E-state index in [1.165, 1.54) is 19.3 Å². The van der Waals surface area contributed by atoms with Gasteiger partial charge in [0.2, 0.25) is 0 Å². The van der Waals surface area contributed by atoms with Gasteiger partial charge in [0.25, 0.3) is 0 Å². The number of nitrogens with one attached hydrogen (secondary N) is 1. The van der Waals surface area contributed by atoms with E-state index < -0.39 is 6.10 Å². The van der Waals surface area contributed by atoms with Crippen LogP contribution in [-0.2, 0) is 4.74 Å². The van der Waals surface area contributed by atoms with E-state index in [0.717, 1.165) is 5.92 Å². The highest BCUT2D eigenvalue weighted by Gasteiger charge is 2.61. The first-order valence-electron chi connectivity index (χ1n) is 7.80. The van der Waals surface area contributed by atoms with Crippen molar-refractivity contribution in [3.8, 4) is 0 Å². The van der Waals surface area contributed by atoms with E-state index in [1.54, 1.807) is 0 Å². The quantitative estimate of drug-likeness (QED) is 0.779. The van der Waals surface area contributed by atoms with Gasteiger partial charge in [-0.1, -0.05) is 34.6 Å². The Morgan fingerprint density at radius 1 is 1.32 bits per heavy atom. The molecule has 3 heteroatoms. The van der Waals surface area contributed by atoms with Crippen LogP contribution in [0.4, 0.5) is 0 Å². The molecular formula is C16H31NO2. The minimum atomic E-state index is -0.395. The summed E-state index contributed by atoms with van der Waals surface area (Å²) in [5.41, 5.74) is 0.682. The maximum absolute atomic E-state index is 9.96. The summed E-state index contributed by atoms with van der Waals surface area (Å²) < 4.78 is 6.08. The van der Waals surface area contributed by atoms with E-state index in [9.17, 15) is 5.11 Å². The summed E-state index contributed by atoms with van der Waals surface area (Å²) in [5.74, 6) is 0.799. The molecule has 0 aromatic heterocycles. The molecule has 4 atom stereocenters. The number of ether oxygens (including phenoxy) is 1. The van der Waals surface area contributed by atoms with Crippen molar-refractivity contribution in [3.05, 3.63) is 0 Å². The summed E-state index contributed by atoms with van der Waals surface area (Å²) in [7, 11) is 0. The van der Waals surface area contributed by atoms with Gasteiger partial charge < -0.3 is 15.2 Å². The molecule has 2 unspecified atom stereocenters. The van der Waals surface area contributed by atoms with Gasteiger partial charge in [-0.25, -0.2) is 0 Å². The Morgan fingerprint density at radius 3 is 2.47 bits per heavy atom. The Balaban J connectivity index is 1.82. The largest absolute Gasteiger partial charge is 0.389 e. The lowest BCUT2D eigenvalue weighted by atomic mass is 9.70. The average molecular weight is 269 g/mol.